The molecule has 1 amide bonds. The summed E-state index contributed by atoms with van der Waals surface area (Å²) in [6.07, 6.45) is 0.903. The van der Waals surface area contributed by atoms with E-state index in [0.717, 1.165) is 11.1 Å². The highest BCUT2D eigenvalue weighted by Gasteiger charge is 2.57. The van der Waals surface area contributed by atoms with Crippen molar-refractivity contribution in [3.63, 3.8) is 0 Å². The molecule has 1 spiro atoms. The van der Waals surface area contributed by atoms with Gasteiger partial charge in [-0.2, -0.15) is 0 Å². The van der Waals surface area contributed by atoms with Crippen molar-refractivity contribution in [3.8, 4) is 6.01 Å². The maximum Gasteiger partial charge on any atom is 0.315 e. The number of aromatic nitrogens is 3. The van der Waals surface area contributed by atoms with Gasteiger partial charge in [-0.25, -0.2) is 4.39 Å². The average molecular weight is 399 g/mol. The third kappa shape index (κ3) is 2.16. The SMILES string of the molecule is Cc1ccc(F)cc1[C@H]1n2c(O)nnc2CC[C@]12C(=O)Nc1cc(Cl)ccc12. The molecule has 5 rings (SSSR count). The van der Waals surface area contributed by atoms with E-state index in [9.17, 15) is 14.3 Å². The van der Waals surface area contributed by atoms with Gasteiger partial charge in [0, 0.05) is 17.1 Å². The van der Waals surface area contributed by atoms with Crippen LogP contribution < -0.4 is 5.32 Å². The second kappa shape index (κ2) is 5.78. The van der Waals surface area contributed by atoms with Crippen LogP contribution in [-0.4, -0.2) is 25.8 Å². The lowest BCUT2D eigenvalue weighted by molar-refractivity contribution is -0.122. The predicted molar refractivity (Wildman–Crippen MR) is 101 cm³/mol. The lowest BCUT2D eigenvalue weighted by Gasteiger charge is -2.41. The number of aryl methyl sites for hydroxylation is 2. The molecule has 2 aromatic carbocycles. The van der Waals surface area contributed by atoms with Gasteiger partial charge in [-0.15, -0.1) is 5.10 Å². The Morgan fingerprint density at radius 2 is 2.11 bits per heavy atom. The van der Waals surface area contributed by atoms with Gasteiger partial charge < -0.3 is 10.4 Å². The van der Waals surface area contributed by atoms with Gasteiger partial charge in [0.2, 0.25) is 5.91 Å². The fourth-order valence-electron chi connectivity index (χ4n) is 4.61. The molecule has 0 aliphatic carbocycles. The van der Waals surface area contributed by atoms with Gasteiger partial charge in [-0.05, 0) is 54.3 Å². The number of fused-ring (bicyclic) bond motifs is 3. The standard InChI is InChI=1S/C20H16ClFN4O2/c1-10-2-4-12(22)9-13(10)17-20(7-6-16-24-25-19(28)26(16)17)14-5-3-11(21)8-15(14)23-18(20)27/h2-5,8-9,17H,6-7H2,1H3,(H,23,27)(H,25,28)/t17-,20-/m1/s1. The highest BCUT2D eigenvalue weighted by molar-refractivity contribution is 6.31. The quantitative estimate of drug-likeness (QED) is 0.657. The van der Waals surface area contributed by atoms with Gasteiger partial charge in [-0.1, -0.05) is 28.8 Å². The Balaban J connectivity index is 1.85. The summed E-state index contributed by atoms with van der Waals surface area (Å²) in [4.78, 5) is 13.4. The van der Waals surface area contributed by atoms with Crippen LogP contribution in [0.25, 0.3) is 0 Å². The number of carbonyl (C=O) groups excluding carboxylic acids is 1. The smallest absolute Gasteiger partial charge is 0.315 e. The number of nitrogens with zero attached hydrogens (tertiary/aromatic N) is 3. The maximum atomic E-state index is 14.2. The number of halogens is 2. The van der Waals surface area contributed by atoms with E-state index in [-0.39, 0.29) is 11.9 Å². The minimum absolute atomic E-state index is 0.211. The number of benzene rings is 2. The van der Waals surface area contributed by atoms with Gasteiger partial charge in [-0.3, -0.25) is 9.36 Å². The Labute approximate surface area is 165 Å². The molecule has 142 valence electrons. The normalized spacial score (nSPS) is 22.8. The topological polar surface area (TPSA) is 80.0 Å². The lowest BCUT2D eigenvalue weighted by atomic mass is 9.67. The largest absolute Gasteiger partial charge is 0.479 e. The number of anilines is 1. The van der Waals surface area contributed by atoms with E-state index in [1.165, 1.54) is 12.1 Å². The Hall–Kier alpha value is -2.93. The number of nitrogens with one attached hydrogen (secondary N) is 1. The molecule has 2 atom stereocenters. The molecule has 2 aliphatic rings. The minimum Gasteiger partial charge on any atom is -0.479 e. The first-order chi connectivity index (χ1) is 13.4. The van der Waals surface area contributed by atoms with Crippen molar-refractivity contribution in [2.75, 3.05) is 5.32 Å². The molecule has 8 heteroatoms. The van der Waals surface area contributed by atoms with Crippen molar-refractivity contribution in [2.45, 2.75) is 31.2 Å². The molecule has 0 radical (unpaired) electrons. The zero-order valence-electron chi connectivity index (χ0n) is 14.9. The summed E-state index contributed by atoms with van der Waals surface area (Å²) < 4.78 is 15.8. The van der Waals surface area contributed by atoms with Crippen molar-refractivity contribution in [1.82, 2.24) is 14.8 Å². The van der Waals surface area contributed by atoms with Crippen LogP contribution in [0.15, 0.2) is 36.4 Å². The fourth-order valence-corrected chi connectivity index (χ4v) is 4.78. The monoisotopic (exact) mass is 398 g/mol. The average Bonchev–Trinajstić information content (AvgIpc) is 3.16. The molecule has 3 heterocycles. The van der Waals surface area contributed by atoms with Gasteiger partial charge in [0.1, 0.15) is 17.1 Å². The fraction of sp³-hybridized carbons (Fsp3) is 0.250. The van der Waals surface area contributed by atoms with E-state index in [2.05, 4.69) is 15.5 Å². The molecule has 28 heavy (non-hydrogen) atoms. The molecule has 0 saturated heterocycles. The summed E-state index contributed by atoms with van der Waals surface area (Å²) in [6, 6.07) is 8.75. The van der Waals surface area contributed by atoms with E-state index in [1.54, 1.807) is 22.8 Å². The molecule has 0 fully saturated rings. The molecule has 6 nitrogen and oxygen atoms in total. The summed E-state index contributed by atoms with van der Waals surface area (Å²) in [7, 11) is 0. The Morgan fingerprint density at radius 3 is 2.93 bits per heavy atom. The molecule has 0 unspecified atom stereocenters. The van der Waals surface area contributed by atoms with Crippen LogP contribution in [0.2, 0.25) is 5.02 Å². The molecule has 2 N–H and O–H groups in total. The summed E-state index contributed by atoms with van der Waals surface area (Å²) in [5.74, 6) is -0.0608. The van der Waals surface area contributed by atoms with Crippen LogP contribution in [0.4, 0.5) is 10.1 Å². The van der Waals surface area contributed by atoms with E-state index in [4.69, 9.17) is 11.6 Å². The second-order valence-corrected chi connectivity index (χ2v) is 7.74. The van der Waals surface area contributed by atoms with Crippen LogP contribution in [0.5, 0.6) is 6.01 Å². The number of carbonyl (C=O) groups is 1. The molecule has 3 aromatic rings. The van der Waals surface area contributed by atoms with Crippen LogP contribution in [0.1, 0.15) is 35.0 Å². The van der Waals surface area contributed by atoms with Crippen LogP contribution in [0, 0.1) is 12.7 Å². The van der Waals surface area contributed by atoms with Crippen molar-refractivity contribution in [2.24, 2.45) is 0 Å². The summed E-state index contributed by atoms with van der Waals surface area (Å²) in [6.45, 7) is 1.85. The van der Waals surface area contributed by atoms with Crippen LogP contribution in [-0.2, 0) is 16.6 Å². The molecular weight excluding hydrogens is 383 g/mol. The molecule has 0 bridgehead atoms. The number of hydrogen-bond donors (Lipinski definition) is 2. The maximum absolute atomic E-state index is 14.2. The van der Waals surface area contributed by atoms with Crippen molar-refractivity contribution in [3.05, 3.63) is 69.8 Å². The summed E-state index contributed by atoms with van der Waals surface area (Å²) >= 11 is 6.12. The molecular formula is C20H16ClFN4O2. The van der Waals surface area contributed by atoms with Gasteiger partial charge >= 0.3 is 6.01 Å². The number of amides is 1. The highest BCUT2D eigenvalue weighted by atomic mass is 35.5. The number of rotatable bonds is 1. The van der Waals surface area contributed by atoms with E-state index in [0.29, 0.717) is 34.9 Å². The highest BCUT2D eigenvalue weighted by Crippen LogP contribution is 2.54. The number of hydrogen-bond acceptors (Lipinski definition) is 4. The first-order valence-corrected chi connectivity index (χ1v) is 9.30. The van der Waals surface area contributed by atoms with Crippen molar-refractivity contribution < 1.29 is 14.3 Å². The first-order valence-electron chi connectivity index (χ1n) is 8.92. The summed E-state index contributed by atoms with van der Waals surface area (Å²) in [5.41, 5.74) is 1.78. The van der Waals surface area contributed by atoms with E-state index in [1.807, 2.05) is 13.0 Å². The first kappa shape index (κ1) is 17.2. The Bertz CT molecular complexity index is 1150. The summed E-state index contributed by atoms with van der Waals surface area (Å²) in [5, 5.41) is 21.7. The third-order valence-electron chi connectivity index (χ3n) is 5.87. The van der Waals surface area contributed by atoms with E-state index < -0.39 is 17.3 Å². The lowest BCUT2D eigenvalue weighted by Crippen LogP contribution is -2.47. The zero-order valence-corrected chi connectivity index (χ0v) is 15.7. The number of aromatic hydroxyl groups is 1. The predicted octanol–water partition coefficient (Wildman–Crippen LogP) is 3.51. The van der Waals surface area contributed by atoms with Crippen molar-refractivity contribution in [1.29, 1.82) is 0 Å². The van der Waals surface area contributed by atoms with Crippen LogP contribution in [0.3, 0.4) is 0 Å². The minimum atomic E-state index is -1.04. The van der Waals surface area contributed by atoms with Gasteiger partial charge in [0.25, 0.3) is 0 Å². The van der Waals surface area contributed by atoms with Gasteiger partial charge in [0.15, 0.2) is 0 Å². The third-order valence-corrected chi connectivity index (χ3v) is 6.10. The molecule has 0 saturated carbocycles. The van der Waals surface area contributed by atoms with Crippen molar-refractivity contribution >= 4 is 23.2 Å². The molecule has 2 aliphatic heterocycles. The zero-order chi connectivity index (χ0) is 19.6. The Morgan fingerprint density at radius 1 is 1.29 bits per heavy atom. The molecule has 1 aromatic heterocycles. The second-order valence-electron chi connectivity index (χ2n) is 7.31. The Kier molecular flexibility index (Phi) is 3.55. The van der Waals surface area contributed by atoms with Crippen LogP contribution >= 0.6 is 11.6 Å². The van der Waals surface area contributed by atoms with E-state index >= 15 is 0 Å². The van der Waals surface area contributed by atoms with Gasteiger partial charge in [0.05, 0.1) is 6.04 Å².